The van der Waals surface area contributed by atoms with Crippen molar-refractivity contribution < 1.29 is 14.3 Å². The summed E-state index contributed by atoms with van der Waals surface area (Å²) in [4.78, 5) is 14.4. The number of hydrogen-bond acceptors (Lipinski definition) is 3. The van der Waals surface area contributed by atoms with E-state index in [1.807, 2.05) is 0 Å². The highest BCUT2D eigenvalue weighted by molar-refractivity contribution is 5.76. The number of carbonyl (C=O) groups excluding carboxylic acids is 1. The first-order valence-electron chi connectivity index (χ1n) is 8.58. The molecule has 0 N–H and O–H groups in total. The molecule has 1 amide bonds. The van der Waals surface area contributed by atoms with Crippen molar-refractivity contribution >= 4 is 5.91 Å². The van der Waals surface area contributed by atoms with Gasteiger partial charge in [0.05, 0.1) is 26.4 Å². The summed E-state index contributed by atoms with van der Waals surface area (Å²) < 4.78 is 11.1. The Labute approximate surface area is 129 Å². The molecule has 0 aromatic rings. The second-order valence-electron chi connectivity index (χ2n) is 6.97. The van der Waals surface area contributed by atoms with Gasteiger partial charge in [0.25, 0.3) is 0 Å². The smallest absolute Gasteiger partial charge is 0.222 e. The van der Waals surface area contributed by atoms with Crippen LogP contribution in [0.1, 0.15) is 46.0 Å². The van der Waals surface area contributed by atoms with Gasteiger partial charge >= 0.3 is 0 Å². The third-order valence-electron chi connectivity index (χ3n) is 4.81. The average Bonchev–Trinajstić information content (AvgIpc) is 2.74. The fraction of sp³-hybridized carbons (Fsp3) is 0.941. The lowest BCUT2D eigenvalue weighted by Gasteiger charge is -2.31. The Morgan fingerprint density at radius 1 is 1.19 bits per heavy atom. The van der Waals surface area contributed by atoms with Crippen molar-refractivity contribution in [2.75, 3.05) is 39.5 Å². The van der Waals surface area contributed by atoms with E-state index >= 15 is 0 Å². The molecule has 2 fully saturated rings. The molecular weight excluding hydrogens is 266 g/mol. The van der Waals surface area contributed by atoms with Gasteiger partial charge in [-0.1, -0.05) is 13.8 Å². The molecule has 1 atom stereocenters. The molecule has 0 bridgehead atoms. The number of hydrogen-bond donors (Lipinski definition) is 0. The molecule has 4 nitrogen and oxygen atoms in total. The highest BCUT2D eigenvalue weighted by Crippen LogP contribution is 2.21. The van der Waals surface area contributed by atoms with Gasteiger partial charge in [-0.05, 0) is 37.5 Å². The van der Waals surface area contributed by atoms with Crippen LogP contribution in [0.4, 0.5) is 0 Å². The van der Waals surface area contributed by atoms with E-state index in [0.29, 0.717) is 24.2 Å². The Hall–Kier alpha value is -0.610. The van der Waals surface area contributed by atoms with Gasteiger partial charge in [0.15, 0.2) is 0 Å². The number of carbonyl (C=O) groups is 1. The van der Waals surface area contributed by atoms with Crippen LogP contribution >= 0.6 is 0 Å². The van der Waals surface area contributed by atoms with E-state index in [1.54, 1.807) is 0 Å². The first-order chi connectivity index (χ1) is 10.1. The lowest BCUT2D eigenvalue weighted by Crippen LogP contribution is -2.38. The molecule has 2 rings (SSSR count). The number of ether oxygens (including phenoxy) is 2. The third kappa shape index (κ3) is 5.95. The Balaban J connectivity index is 1.64. The van der Waals surface area contributed by atoms with E-state index < -0.39 is 0 Å². The molecule has 4 heteroatoms. The molecule has 0 aromatic heterocycles. The summed E-state index contributed by atoms with van der Waals surface area (Å²) in [6.45, 7) is 9.45. The SMILES string of the molecule is CC1CCN(C(=O)CC(C)CCC2COCCOC2)CC1. The van der Waals surface area contributed by atoms with Gasteiger partial charge in [-0.2, -0.15) is 0 Å². The standard InChI is InChI=1S/C17H31NO3/c1-14-5-7-18(8-6-14)17(19)11-15(2)3-4-16-12-20-9-10-21-13-16/h14-16H,3-13H2,1-2H3. The van der Waals surface area contributed by atoms with E-state index in [4.69, 9.17) is 9.47 Å². The van der Waals surface area contributed by atoms with Crippen molar-refractivity contribution in [3.63, 3.8) is 0 Å². The van der Waals surface area contributed by atoms with Gasteiger partial charge in [0.2, 0.25) is 5.91 Å². The van der Waals surface area contributed by atoms with E-state index in [1.165, 1.54) is 0 Å². The van der Waals surface area contributed by atoms with Gasteiger partial charge < -0.3 is 14.4 Å². The van der Waals surface area contributed by atoms with Crippen molar-refractivity contribution in [1.29, 1.82) is 0 Å². The molecule has 0 aromatic carbocycles. The Bertz CT molecular complexity index is 305. The van der Waals surface area contributed by atoms with Crippen LogP contribution in [0.25, 0.3) is 0 Å². The highest BCUT2D eigenvalue weighted by Gasteiger charge is 2.22. The van der Waals surface area contributed by atoms with E-state index in [2.05, 4.69) is 18.7 Å². The molecule has 0 aliphatic carbocycles. The zero-order chi connectivity index (χ0) is 15.1. The van der Waals surface area contributed by atoms with Gasteiger partial charge in [-0.3, -0.25) is 4.79 Å². The van der Waals surface area contributed by atoms with Crippen molar-refractivity contribution in [1.82, 2.24) is 4.90 Å². The van der Waals surface area contributed by atoms with Gasteiger partial charge in [0.1, 0.15) is 0 Å². The topological polar surface area (TPSA) is 38.8 Å². The fourth-order valence-electron chi connectivity index (χ4n) is 3.14. The Morgan fingerprint density at radius 3 is 2.43 bits per heavy atom. The fourth-order valence-corrected chi connectivity index (χ4v) is 3.14. The van der Waals surface area contributed by atoms with Gasteiger partial charge in [-0.25, -0.2) is 0 Å². The molecule has 1 unspecified atom stereocenters. The van der Waals surface area contributed by atoms with Gasteiger partial charge in [0, 0.05) is 25.4 Å². The molecule has 2 aliphatic rings. The summed E-state index contributed by atoms with van der Waals surface area (Å²) in [6.07, 6.45) is 5.22. The second kappa shape index (κ2) is 8.74. The summed E-state index contributed by atoms with van der Waals surface area (Å²) in [5.41, 5.74) is 0. The minimum atomic E-state index is 0.350. The lowest BCUT2D eigenvalue weighted by atomic mass is 9.94. The minimum Gasteiger partial charge on any atom is -0.379 e. The van der Waals surface area contributed by atoms with E-state index in [9.17, 15) is 4.79 Å². The van der Waals surface area contributed by atoms with Crippen LogP contribution in [-0.2, 0) is 14.3 Å². The maximum atomic E-state index is 12.3. The molecular formula is C17H31NO3. The summed E-state index contributed by atoms with van der Waals surface area (Å²) in [6, 6.07) is 0. The summed E-state index contributed by atoms with van der Waals surface area (Å²) in [5, 5.41) is 0. The van der Waals surface area contributed by atoms with E-state index in [0.717, 1.165) is 71.1 Å². The lowest BCUT2D eigenvalue weighted by molar-refractivity contribution is -0.133. The summed E-state index contributed by atoms with van der Waals surface area (Å²) in [5.74, 6) is 2.09. The van der Waals surface area contributed by atoms with Crippen molar-refractivity contribution in [2.24, 2.45) is 17.8 Å². The number of likely N-dealkylation sites (tertiary alicyclic amines) is 1. The first kappa shape index (κ1) is 16.8. The molecule has 0 saturated carbocycles. The van der Waals surface area contributed by atoms with E-state index in [-0.39, 0.29) is 0 Å². The van der Waals surface area contributed by atoms with Crippen LogP contribution in [0.15, 0.2) is 0 Å². The zero-order valence-corrected chi connectivity index (χ0v) is 13.7. The Morgan fingerprint density at radius 2 is 1.81 bits per heavy atom. The average molecular weight is 297 g/mol. The number of amides is 1. The molecule has 2 aliphatic heterocycles. The number of piperidine rings is 1. The van der Waals surface area contributed by atoms with Crippen molar-refractivity contribution in [3.8, 4) is 0 Å². The molecule has 2 heterocycles. The zero-order valence-electron chi connectivity index (χ0n) is 13.7. The molecule has 0 radical (unpaired) electrons. The van der Waals surface area contributed by atoms with Crippen molar-refractivity contribution in [3.05, 3.63) is 0 Å². The van der Waals surface area contributed by atoms with Crippen LogP contribution in [-0.4, -0.2) is 50.3 Å². The summed E-state index contributed by atoms with van der Waals surface area (Å²) in [7, 11) is 0. The van der Waals surface area contributed by atoms with Crippen LogP contribution < -0.4 is 0 Å². The number of rotatable bonds is 5. The highest BCUT2D eigenvalue weighted by atomic mass is 16.5. The second-order valence-corrected chi connectivity index (χ2v) is 6.97. The molecule has 0 spiro atoms. The molecule has 122 valence electrons. The maximum Gasteiger partial charge on any atom is 0.222 e. The number of nitrogens with zero attached hydrogens (tertiary/aromatic N) is 1. The van der Waals surface area contributed by atoms with Crippen molar-refractivity contribution in [2.45, 2.75) is 46.0 Å². The molecule has 21 heavy (non-hydrogen) atoms. The predicted molar refractivity (Wildman–Crippen MR) is 83.1 cm³/mol. The summed E-state index contributed by atoms with van der Waals surface area (Å²) >= 11 is 0. The Kier molecular flexibility index (Phi) is 6.97. The van der Waals surface area contributed by atoms with Crippen LogP contribution in [0.2, 0.25) is 0 Å². The third-order valence-corrected chi connectivity index (χ3v) is 4.81. The predicted octanol–water partition coefficient (Wildman–Crippen LogP) is 2.71. The van der Waals surface area contributed by atoms with Crippen LogP contribution in [0.5, 0.6) is 0 Å². The molecule has 2 saturated heterocycles. The normalized spacial score (nSPS) is 23.8. The maximum absolute atomic E-state index is 12.3. The van der Waals surface area contributed by atoms with Crippen LogP contribution in [0, 0.1) is 17.8 Å². The quantitative estimate of drug-likeness (QED) is 0.783. The minimum absolute atomic E-state index is 0.350. The largest absolute Gasteiger partial charge is 0.379 e. The van der Waals surface area contributed by atoms with Crippen LogP contribution in [0.3, 0.4) is 0 Å². The van der Waals surface area contributed by atoms with Gasteiger partial charge in [-0.15, -0.1) is 0 Å². The first-order valence-corrected chi connectivity index (χ1v) is 8.58. The monoisotopic (exact) mass is 297 g/mol.